The van der Waals surface area contributed by atoms with Crippen LogP contribution in [0.2, 0.25) is 0 Å². The Kier molecular flexibility index (Phi) is 4.45. The number of methoxy groups -OCH3 is 2. The quantitative estimate of drug-likeness (QED) is 0.627. The van der Waals surface area contributed by atoms with E-state index < -0.39 is 23.8 Å². The Morgan fingerprint density at radius 1 is 0.933 bits per heavy atom. The maximum Gasteiger partial charge on any atom is 0.451 e. The molecular weight excluding hydrogens is 405 g/mol. The summed E-state index contributed by atoms with van der Waals surface area (Å²) in [6.45, 7) is 0. The topological polar surface area (TPSA) is 102 Å². The Labute approximate surface area is 167 Å². The Morgan fingerprint density at radius 3 is 2.27 bits per heavy atom. The molecule has 0 bridgehead atoms. The standard InChI is InChI=1S/C19H13F3N4O4/c1-29-13-6-11-12(7-14(13)30-2)24-18(19(20,21)22)25-15(11)23-8-3-4-9-10(5-8)17(28)26-16(9)27/h3-7H,1-2H3,(H,23,24,25)(H,26,27,28). The summed E-state index contributed by atoms with van der Waals surface area (Å²) in [6, 6.07) is 6.97. The van der Waals surface area contributed by atoms with Crippen LogP contribution in [-0.2, 0) is 6.18 Å². The zero-order valence-electron chi connectivity index (χ0n) is 15.5. The fourth-order valence-corrected chi connectivity index (χ4v) is 3.06. The number of nitrogens with zero attached hydrogens (tertiary/aromatic N) is 2. The van der Waals surface area contributed by atoms with E-state index in [4.69, 9.17) is 9.47 Å². The van der Waals surface area contributed by atoms with Crippen LogP contribution in [0.15, 0.2) is 30.3 Å². The average molecular weight is 418 g/mol. The van der Waals surface area contributed by atoms with E-state index in [0.717, 1.165) is 0 Å². The Bertz CT molecular complexity index is 1210. The SMILES string of the molecule is COc1cc2nc(C(F)(F)F)nc(Nc3ccc4c(c3)C(=O)NC4=O)c2cc1OC. The molecule has 1 aliphatic heterocycles. The molecule has 3 aromatic rings. The van der Waals surface area contributed by atoms with Crippen molar-refractivity contribution in [2.75, 3.05) is 19.5 Å². The number of alkyl halides is 3. The molecule has 30 heavy (non-hydrogen) atoms. The van der Waals surface area contributed by atoms with Crippen molar-refractivity contribution in [1.29, 1.82) is 0 Å². The van der Waals surface area contributed by atoms with Crippen LogP contribution in [0.4, 0.5) is 24.7 Å². The number of benzene rings is 2. The fourth-order valence-electron chi connectivity index (χ4n) is 3.06. The highest BCUT2D eigenvalue weighted by Crippen LogP contribution is 2.37. The molecule has 2 N–H and O–H groups in total. The second-order valence-electron chi connectivity index (χ2n) is 6.29. The first-order valence-electron chi connectivity index (χ1n) is 8.49. The first-order valence-corrected chi connectivity index (χ1v) is 8.49. The smallest absolute Gasteiger partial charge is 0.451 e. The van der Waals surface area contributed by atoms with Gasteiger partial charge in [-0.25, -0.2) is 9.97 Å². The van der Waals surface area contributed by atoms with Gasteiger partial charge in [0.05, 0.1) is 30.9 Å². The molecule has 1 aromatic heterocycles. The predicted octanol–water partition coefficient (Wildman–Crippen LogP) is 3.29. The molecule has 154 valence electrons. The Balaban J connectivity index is 1.87. The molecule has 0 saturated carbocycles. The van der Waals surface area contributed by atoms with E-state index in [2.05, 4.69) is 20.6 Å². The Morgan fingerprint density at radius 2 is 1.60 bits per heavy atom. The van der Waals surface area contributed by atoms with Crippen LogP contribution in [0.25, 0.3) is 10.9 Å². The number of nitrogens with one attached hydrogen (secondary N) is 2. The molecule has 0 aliphatic carbocycles. The summed E-state index contributed by atoms with van der Waals surface area (Å²) in [5.74, 6) is -2.15. The third kappa shape index (κ3) is 3.23. The largest absolute Gasteiger partial charge is 0.493 e. The number of aromatic nitrogens is 2. The second kappa shape index (κ2) is 6.87. The van der Waals surface area contributed by atoms with E-state index in [1.54, 1.807) is 0 Å². The van der Waals surface area contributed by atoms with E-state index in [0.29, 0.717) is 0 Å². The molecule has 0 fully saturated rings. The number of imide groups is 1. The van der Waals surface area contributed by atoms with Gasteiger partial charge in [-0.3, -0.25) is 14.9 Å². The van der Waals surface area contributed by atoms with Gasteiger partial charge in [0.25, 0.3) is 11.8 Å². The maximum atomic E-state index is 13.3. The number of carbonyl (C=O) groups excluding carboxylic acids is 2. The van der Waals surface area contributed by atoms with Gasteiger partial charge >= 0.3 is 6.18 Å². The van der Waals surface area contributed by atoms with Gasteiger partial charge in [0.2, 0.25) is 5.82 Å². The monoisotopic (exact) mass is 418 g/mol. The van der Waals surface area contributed by atoms with Crippen molar-refractivity contribution in [3.05, 3.63) is 47.3 Å². The maximum absolute atomic E-state index is 13.3. The van der Waals surface area contributed by atoms with Gasteiger partial charge < -0.3 is 14.8 Å². The number of anilines is 2. The first-order chi connectivity index (χ1) is 14.2. The van der Waals surface area contributed by atoms with Crippen molar-refractivity contribution in [3.8, 4) is 11.5 Å². The number of hydrogen-bond donors (Lipinski definition) is 2. The van der Waals surface area contributed by atoms with E-state index >= 15 is 0 Å². The van der Waals surface area contributed by atoms with Crippen LogP contribution < -0.4 is 20.1 Å². The van der Waals surface area contributed by atoms with Gasteiger partial charge in [0, 0.05) is 17.1 Å². The lowest BCUT2D eigenvalue weighted by atomic mass is 10.1. The second-order valence-corrected chi connectivity index (χ2v) is 6.29. The highest BCUT2D eigenvalue weighted by Gasteiger charge is 2.36. The summed E-state index contributed by atoms with van der Waals surface area (Å²) in [5.41, 5.74) is 0.534. The molecule has 8 nitrogen and oxygen atoms in total. The summed E-state index contributed by atoms with van der Waals surface area (Å²) in [7, 11) is 2.74. The molecule has 1 aliphatic rings. The summed E-state index contributed by atoms with van der Waals surface area (Å²) < 4.78 is 50.4. The fraction of sp³-hybridized carbons (Fsp3) is 0.158. The normalized spacial score (nSPS) is 13.2. The van der Waals surface area contributed by atoms with Crippen molar-refractivity contribution in [2.24, 2.45) is 0 Å². The lowest BCUT2D eigenvalue weighted by molar-refractivity contribution is -0.144. The van der Waals surface area contributed by atoms with E-state index in [1.807, 2.05) is 0 Å². The van der Waals surface area contributed by atoms with Crippen LogP contribution in [-0.4, -0.2) is 36.0 Å². The van der Waals surface area contributed by atoms with Crippen molar-refractivity contribution >= 4 is 34.2 Å². The van der Waals surface area contributed by atoms with Gasteiger partial charge in [-0.2, -0.15) is 13.2 Å². The van der Waals surface area contributed by atoms with E-state index in [-0.39, 0.29) is 45.0 Å². The van der Waals surface area contributed by atoms with Gasteiger partial charge in [-0.15, -0.1) is 0 Å². The van der Waals surface area contributed by atoms with Crippen molar-refractivity contribution in [2.45, 2.75) is 6.18 Å². The summed E-state index contributed by atoms with van der Waals surface area (Å²) >= 11 is 0. The Hall–Kier alpha value is -3.89. The third-order valence-corrected chi connectivity index (χ3v) is 4.45. The van der Waals surface area contributed by atoms with E-state index in [1.165, 1.54) is 44.6 Å². The number of fused-ring (bicyclic) bond motifs is 2. The van der Waals surface area contributed by atoms with Gasteiger partial charge in [-0.05, 0) is 24.3 Å². The number of halogens is 3. The van der Waals surface area contributed by atoms with Crippen LogP contribution >= 0.6 is 0 Å². The molecule has 11 heteroatoms. The summed E-state index contributed by atoms with van der Waals surface area (Å²) in [4.78, 5) is 30.8. The van der Waals surface area contributed by atoms with Crippen LogP contribution in [0.3, 0.4) is 0 Å². The van der Waals surface area contributed by atoms with Gasteiger partial charge in [-0.1, -0.05) is 0 Å². The van der Waals surface area contributed by atoms with Crippen molar-refractivity contribution in [3.63, 3.8) is 0 Å². The molecule has 0 saturated heterocycles. The van der Waals surface area contributed by atoms with Crippen LogP contribution in [0, 0.1) is 0 Å². The summed E-state index contributed by atoms with van der Waals surface area (Å²) in [6.07, 6.45) is -4.79. The van der Waals surface area contributed by atoms with Crippen molar-refractivity contribution < 1.29 is 32.2 Å². The van der Waals surface area contributed by atoms with Crippen LogP contribution in [0.1, 0.15) is 26.5 Å². The number of ether oxygens (including phenoxy) is 2. The molecule has 0 spiro atoms. The lowest BCUT2D eigenvalue weighted by Gasteiger charge is -2.15. The molecule has 0 radical (unpaired) electrons. The molecule has 2 heterocycles. The highest BCUT2D eigenvalue weighted by molar-refractivity contribution is 6.21. The molecular formula is C19H13F3N4O4. The number of rotatable bonds is 4. The average Bonchev–Trinajstić information content (AvgIpc) is 2.99. The van der Waals surface area contributed by atoms with Crippen LogP contribution in [0.5, 0.6) is 11.5 Å². The third-order valence-electron chi connectivity index (χ3n) is 4.45. The predicted molar refractivity (Wildman–Crippen MR) is 99.2 cm³/mol. The lowest BCUT2D eigenvalue weighted by Crippen LogP contribution is -2.19. The summed E-state index contributed by atoms with van der Waals surface area (Å²) in [5, 5.41) is 5.16. The number of hydrogen-bond acceptors (Lipinski definition) is 7. The molecule has 0 atom stereocenters. The minimum Gasteiger partial charge on any atom is -0.493 e. The minimum absolute atomic E-state index is 0.0217. The number of amides is 2. The first kappa shape index (κ1) is 19.4. The van der Waals surface area contributed by atoms with Crippen molar-refractivity contribution in [1.82, 2.24) is 15.3 Å². The highest BCUT2D eigenvalue weighted by atomic mass is 19.4. The minimum atomic E-state index is -4.79. The zero-order valence-corrected chi connectivity index (χ0v) is 15.5. The molecule has 0 unspecified atom stereocenters. The number of carbonyl (C=O) groups is 2. The van der Waals surface area contributed by atoms with Gasteiger partial charge in [0.1, 0.15) is 5.82 Å². The molecule has 2 aromatic carbocycles. The molecule has 4 rings (SSSR count). The van der Waals surface area contributed by atoms with Gasteiger partial charge in [0.15, 0.2) is 11.5 Å². The molecule has 2 amide bonds. The van der Waals surface area contributed by atoms with E-state index in [9.17, 15) is 22.8 Å². The zero-order chi connectivity index (χ0) is 21.6.